The quantitative estimate of drug-likeness (QED) is 0.738. The lowest BCUT2D eigenvalue weighted by molar-refractivity contribution is 0.0996. The molecule has 0 aliphatic carbocycles. The van der Waals surface area contributed by atoms with Gasteiger partial charge in [0.05, 0.1) is 5.75 Å². The molecule has 0 aliphatic rings. The number of amides is 2. The lowest BCUT2D eigenvalue weighted by atomic mass is 10.1. The zero-order valence-electron chi connectivity index (χ0n) is 12.9. The SMILES string of the molecule is CCS(=O)(=O)Nc1ccc(C(=O)Nc2cccc(C(N)=O)c2)cc1. The van der Waals surface area contributed by atoms with Crippen molar-refractivity contribution in [3.8, 4) is 0 Å². The van der Waals surface area contributed by atoms with Crippen LogP contribution in [0, 0.1) is 0 Å². The molecule has 0 saturated carbocycles. The van der Waals surface area contributed by atoms with E-state index in [-0.39, 0.29) is 17.2 Å². The summed E-state index contributed by atoms with van der Waals surface area (Å²) in [6.07, 6.45) is 0. The molecule has 7 nitrogen and oxygen atoms in total. The van der Waals surface area contributed by atoms with Crippen molar-refractivity contribution in [3.05, 3.63) is 59.7 Å². The van der Waals surface area contributed by atoms with Crippen molar-refractivity contribution in [1.82, 2.24) is 0 Å². The van der Waals surface area contributed by atoms with Gasteiger partial charge in [-0.2, -0.15) is 0 Å². The fraction of sp³-hybridized carbons (Fsp3) is 0.125. The molecule has 2 rings (SSSR count). The maximum atomic E-state index is 12.2. The van der Waals surface area contributed by atoms with Crippen molar-refractivity contribution in [2.24, 2.45) is 5.73 Å². The van der Waals surface area contributed by atoms with E-state index in [4.69, 9.17) is 5.73 Å². The molecule has 0 fully saturated rings. The molecule has 0 spiro atoms. The normalized spacial score (nSPS) is 10.9. The Kier molecular flexibility index (Phi) is 5.20. The highest BCUT2D eigenvalue weighted by atomic mass is 32.2. The number of nitrogens with one attached hydrogen (secondary N) is 2. The van der Waals surface area contributed by atoms with Gasteiger partial charge in [-0.1, -0.05) is 6.07 Å². The molecular weight excluding hydrogens is 330 g/mol. The third-order valence-electron chi connectivity index (χ3n) is 3.21. The summed E-state index contributed by atoms with van der Waals surface area (Å²) >= 11 is 0. The maximum Gasteiger partial charge on any atom is 0.255 e. The number of carbonyl (C=O) groups excluding carboxylic acids is 2. The van der Waals surface area contributed by atoms with E-state index in [0.29, 0.717) is 16.9 Å². The molecule has 0 heterocycles. The van der Waals surface area contributed by atoms with Crippen LogP contribution in [0.15, 0.2) is 48.5 Å². The Labute approximate surface area is 139 Å². The summed E-state index contributed by atoms with van der Waals surface area (Å²) in [4.78, 5) is 23.3. The van der Waals surface area contributed by atoms with Crippen molar-refractivity contribution < 1.29 is 18.0 Å². The molecule has 0 atom stereocenters. The van der Waals surface area contributed by atoms with Crippen LogP contribution in [0.2, 0.25) is 0 Å². The molecule has 4 N–H and O–H groups in total. The summed E-state index contributed by atoms with van der Waals surface area (Å²) in [6.45, 7) is 1.53. The number of hydrogen-bond acceptors (Lipinski definition) is 4. The standard InChI is InChI=1S/C16H17N3O4S/c1-2-24(22,23)19-13-8-6-11(7-9-13)16(21)18-14-5-3-4-12(10-14)15(17)20/h3-10,19H,2H2,1H3,(H2,17,20)(H,18,21). The molecule has 0 aliphatic heterocycles. The van der Waals surface area contributed by atoms with Gasteiger partial charge in [-0.15, -0.1) is 0 Å². The highest BCUT2D eigenvalue weighted by Gasteiger charge is 2.10. The first-order valence-corrected chi connectivity index (χ1v) is 8.78. The molecule has 126 valence electrons. The molecule has 8 heteroatoms. The van der Waals surface area contributed by atoms with E-state index in [9.17, 15) is 18.0 Å². The van der Waals surface area contributed by atoms with Gasteiger partial charge in [-0.3, -0.25) is 14.3 Å². The second-order valence-electron chi connectivity index (χ2n) is 4.98. The van der Waals surface area contributed by atoms with Gasteiger partial charge in [0.15, 0.2) is 0 Å². The van der Waals surface area contributed by atoms with Gasteiger partial charge in [0.1, 0.15) is 0 Å². The lowest BCUT2D eigenvalue weighted by Gasteiger charge is -2.08. The van der Waals surface area contributed by atoms with E-state index in [1.165, 1.54) is 37.3 Å². The fourth-order valence-corrected chi connectivity index (χ4v) is 2.53. The average Bonchev–Trinajstić information content (AvgIpc) is 2.55. The zero-order chi connectivity index (χ0) is 17.7. The van der Waals surface area contributed by atoms with Crippen molar-refractivity contribution >= 4 is 33.2 Å². The van der Waals surface area contributed by atoms with Crippen LogP contribution in [0.4, 0.5) is 11.4 Å². The molecule has 2 aromatic rings. The molecule has 2 amide bonds. The number of benzene rings is 2. The van der Waals surface area contributed by atoms with E-state index in [1.807, 2.05) is 0 Å². The zero-order valence-corrected chi connectivity index (χ0v) is 13.8. The largest absolute Gasteiger partial charge is 0.366 e. The number of hydrogen-bond donors (Lipinski definition) is 3. The highest BCUT2D eigenvalue weighted by molar-refractivity contribution is 7.92. The van der Waals surface area contributed by atoms with Gasteiger partial charge >= 0.3 is 0 Å². The van der Waals surface area contributed by atoms with Crippen LogP contribution in [0.3, 0.4) is 0 Å². The van der Waals surface area contributed by atoms with Gasteiger partial charge in [0.25, 0.3) is 5.91 Å². The van der Waals surface area contributed by atoms with Gasteiger partial charge in [-0.05, 0) is 49.4 Å². The summed E-state index contributed by atoms with van der Waals surface area (Å²) < 4.78 is 25.4. The predicted octanol–water partition coefficient (Wildman–Crippen LogP) is 1.80. The minimum atomic E-state index is -3.36. The molecule has 0 radical (unpaired) electrons. The van der Waals surface area contributed by atoms with Gasteiger partial charge in [0.2, 0.25) is 15.9 Å². The summed E-state index contributed by atoms with van der Waals surface area (Å²) in [5, 5.41) is 2.65. The number of sulfonamides is 1. The summed E-state index contributed by atoms with van der Waals surface area (Å²) in [6, 6.07) is 12.3. The number of carbonyl (C=O) groups is 2. The summed E-state index contributed by atoms with van der Waals surface area (Å²) in [7, 11) is -3.36. The summed E-state index contributed by atoms with van der Waals surface area (Å²) in [5.41, 5.74) is 6.65. The van der Waals surface area contributed by atoms with E-state index in [0.717, 1.165) is 0 Å². The summed E-state index contributed by atoms with van der Waals surface area (Å²) in [5.74, 6) is -1.01. The molecular formula is C16H17N3O4S. The van der Waals surface area contributed by atoms with Gasteiger partial charge in [-0.25, -0.2) is 8.42 Å². The lowest BCUT2D eigenvalue weighted by Crippen LogP contribution is -2.16. The van der Waals surface area contributed by atoms with E-state index in [1.54, 1.807) is 18.2 Å². The number of nitrogens with two attached hydrogens (primary N) is 1. The maximum absolute atomic E-state index is 12.2. The predicted molar refractivity (Wildman–Crippen MR) is 92.4 cm³/mol. The van der Waals surface area contributed by atoms with Gasteiger partial charge in [0, 0.05) is 22.5 Å². The smallest absolute Gasteiger partial charge is 0.255 e. The number of anilines is 2. The Morgan fingerprint density at radius 2 is 1.67 bits per heavy atom. The van der Waals surface area contributed by atoms with Crippen LogP contribution in [0.5, 0.6) is 0 Å². The number of primary amides is 1. The number of rotatable bonds is 6. The molecule has 0 saturated heterocycles. The van der Waals surface area contributed by atoms with Crippen LogP contribution in [0.25, 0.3) is 0 Å². The van der Waals surface area contributed by atoms with Gasteiger partial charge < -0.3 is 11.1 Å². The second-order valence-corrected chi connectivity index (χ2v) is 6.99. The van der Waals surface area contributed by atoms with Crippen LogP contribution in [-0.4, -0.2) is 26.0 Å². The van der Waals surface area contributed by atoms with Crippen molar-refractivity contribution in [1.29, 1.82) is 0 Å². The van der Waals surface area contributed by atoms with Crippen molar-refractivity contribution in [3.63, 3.8) is 0 Å². The van der Waals surface area contributed by atoms with Crippen LogP contribution < -0.4 is 15.8 Å². The van der Waals surface area contributed by atoms with Crippen LogP contribution in [-0.2, 0) is 10.0 Å². The average molecular weight is 347 g/mol. The van der Waals surface area contributed by atoms with E-state index >= 15 is 0 Å². The van der Waals surface area contributed by atoms with Crippen molar-refractivity contribution in [2.45, 2.75) is 6.92 Å². The van der Waals surface area contributed by atoms with Crippen LogP contribution in [0.1, 0.15) is 27.6 Å². The first kappa shape index (κ1) is 17.5. The minimum Gasteiger partial charge on any atom is -0.366 e. The Balaban J connectivity index is 2.10. The molecule has 0 bridgehead atoms. The molecule has 0 unspecified atom stereocenters. The first-order chi connectivity index (χ1) is 11.3. The molecule has 2 aromatic carbocycles. The third kappa shape index (κ3) is 4.56. The Morgan fingerprint density at radius 1 is 1.00 bits per heavy atom. The highest BCUT2D eigenvalue weighted by Crippen LogP contribution is 2.15. The molecule has 0 aromatic heterocycles. The Bertz CT molecular complexity index is 861. The third-order valence-corrected chi connectivity index (χ3v) is 4.51. The topological polar surface area (TPSA) is 118 Å². The van der Waals surface area contributed by atoms with Crippen LogP contribution >= 0.6 is 0 Å². The first-order valence-electron chi connectivity index (χ1n) is 7.12. The minimum absolute atomic E-state index is 0.0363. The molecule has 24 heavy (non-hydrogen) atoms. The van der Waals surface area contributed by atoms with E-state index < -0.39 is 15.9 Å². The monoisotopic (exact) mass is 347 g/mol. The van der Waals surface area contributed by atoms with Crippen molar-refractivity contribution in [2.75, 3.05) is 15.8 Å². The second kappa shape index (κ2) is 7.14. The Morgan fingerprint density at radius 3 is 2.25 bits per heavy atom. The fourth-order valence-electron chi connectivity index (χ4n) is 1.89. The van der Waals surface area contributed by atoms with E-state index in [2.05, 4.69) is 10.0 Å². The Hall–Kier alpha value is -2.87.